The van der Waals surface area contributed by atoms with Crippen LogP contribution < -0.4 is 19.6 Å². The molecule has 0 unspecified atom stereocenters. The maximum atomic E-state index is 11.7. The maximum absolute atomic E-state index is 11.7. The zero-order chi connectivity index (χ0) is 42.7. The van der Waals surface area contributed by atoms with Crippen LogP contribution in [0.4, 0.5) is 34.1 Å². The molecule has 0 atom stereocenters. The summed E-state index contributed by atoms with van der Waals surface area (Å²) >= 11 is 0. The molecule has 2 aromatic heterocycles. The van der Waals surface area contributed by atoms with Gasteiger partial charge in [0.2, 0.25) is 0 Å². The molecule has 63 heavy (non-hydrogen) atoms. The number of aromatic nitrogens is 2. The van der Waals surface area contributed by atoms with Crippen LogP contribution in [-0.2, 0) is 0 Å². The van der Waals surface area contributed by atoms with Gasteiger partial charge in [-0.25, -0.2) is 0 Å². The van der Waals surface area contributed by atoms with Crippen LogP contribution in [-0.4, -0.2) is 39.4 Å². The van der Waals surface area contributed by atoms with Gasteiger partial charge in [0.15, 0.2) is 0 Å². The Morgan fingerprint density at radius 3 is 1.05 bits per heavy atom. The van der Waals surface area contributed by atoms with E-state index < -0.39 is 0 Å². The second-order valence-corrected chi connectivity index (χ2v) is 17.2. The van der Waals surface area contributed by atoms with Crippen LogP contribution in [0, 0.1) is 27.7 Å². The molecule has 0 fully saturated rings. The molecular formula is C55H46N6O2. The predicted molar refractivity (Wildman–Crippen MR) is 261 cm³/mol. The number of nitrogens with zero attached hydrogens (tertiary/aromatic N) is 6. The Labute approximate surface area is 365 Å². The van der Waals surface area contributed by atoms with E-state index in [-0.39, 0.29) is 11.5 Å². The number of aromatic hydroxyl groups is 2. The first-order valence-corrected chi connectivity index (χ1v) is 21.6. The smallest absolute Gasteiger partial charge is 0.139 e. The van der Waals surface area contributed by atoms with Crippen molar-refractivity contribution in [1.82, 2.24) is 9.13 Å². The van der Waals surface area contributed by atoms with Crippen LogP contribution in [0.1, 0.15) is 22.3 Å². The number of fused-ring (bicyclic) bond motifs is 8. The van der Waals surface area contributed by atoms with Crippen molar-refractivity contribution < 1.29 is 10.2 Å². The van der Waals surface area contributed by atoms with Crippen LogP contribution >= 0.6 is 0 Å². The highest BCUT2D eigenvalue weighted by molar-refractivity contribution is 6.12. The Morgan fingerprint density at radius 2 is 0.698 bits per heavy atom. The SMILES string of the molecule is Cc1cccc2c3cccc(C)c3n(-c3ccc(O)c(N4CN(CN5CN(c6cc(-n7c8c(C)cccc8c8cccc(C)c87)ccc6O)c6ccccc65)c5ccccc54)c3)c12. The number of aryl methyl sites for hydroxylation is 4. The highest BCUT2D eigenvalue weighted by Crippen LogP contribution is 2.49. The van der Waals surface area contributed by atoms with Gasteiger partial charge in [0, 0.05) is 32.9 Å². The number of benzene rings is 8. The molecule has 0 amide bonds. The minimum atomic E-state index is 0.228. The van der Waals surface area contributed by atoms with Crippen LogP contribution in [0.5, 0.6) is 11.5 Å². The molecule has 4 heterocycles. The maximum Gasteiger partial charge on any atom is 0.139 e. The van der Waals surface area contributed by atoms with Gasteiger partial charge in [-0.2, -0.15) is 0 Å². The summed E-state index contributed by atoms with van der Waals surface area (Å²) < 4.78 is 4.73. The number of hydrogen-bond acceptors (Lipinski definition) is 6. The number of hydrogen-bond donors (Lipinski definition) is 2. The lowest BCUT2D eigenvalue weighted by Crippen LogP contribution is -2.40. The predicted octanol–water partition coefficient (Wildman–Crippen LogP) is 13.0. The van der Waals surface area contributed by atoms with E-state index in [4.69, 9.17) is 0 Å². The quantitative estimate of drug-likeness (QED) is 0.174. The minimum Gasteiger partial charge on any atom is -0.506 e. The first-order chi connectivity index (χ1) is 30.7. The average molecular weight is 823 g/mol. The minimum absolute atomic E-state index is 0.228. The van der Waals surface area contributed by atoms with Gasteiger partial charge in [-0.15, -0.1) is 0 Å². The second-order valence-electron chi connectivity index (χ2n) is 17.2. The standard InChI is InChI=1S/C55H46N6O2/c1-34-13-9-17-40-41-18-10-14-35(2)53(41)60(52(34)40)38-25-27-50(62)48(29-38)58-32-56(44-21-5-7-23-46(44)58)31-57-33-59(47-24-8-6-22-45(47)57)49-30-39(26-28-51(49)63)61-54-36(3)15-11-19-42(54)43-20-12-16-37(4)55(43)61/h5-30,62-63H,31-33H2,1-4H3. The fourth-order valence-corrected chi connectivity index (χ4v) is 10.6. The summed E-state index contributed by atoms with van der Waals surface area (Å²) in [5.41, 5.74) is 17.3. The fourth-order valence-electron chi connectivity index (χ4n) is 10.6. The second kappa shape index (κ2) is 13.8. The van der Waals surface area contributed by atoms with Gasteiger partial charge in [0.25, 0.3) is 0 Å². The Balaban J connectivity index is 0.911. The Bertz CT molecular complexity index is 3160. The van der Waals surface area contributed by atoms with E-state index in [9.17, 15) is 10.2 Å². The van der Waals surface area contributed by atoms with Gasteiger partial charge >= 0.3 is 0 Å². The van der Waals surface area contributed by atoms with Crippen molar-refractivity contribution in [2.75, 3.05) is 39.6 Å². The fraction of sp³-hybridized carbons (Fsp3) is 0.127. The van der Waals surface area contributed by atoms with E-state index >= 15 is 0 Å². The molecule has 2 N–H and O–H groups in total. The van der Waals surface area contributed by atoms with E-state index in [0.717, 1.165) is 45.5 Å². The lowest BCUT2D eigenvalue weighted by molar-refractivity contribution is 0.475. The Hall–Kier alpha value is -7.84. The molecule has 0 radical (unpaired) electrons. The summed E-state index contributed by atoms with van der Waals surface area (Å²) in [6.07, 6.45) is 0. The van der Waals surface area contributed by atoms with Crippen molar-refractivity contribution in [1.29, 1.82) is 0 Å². The van der Waals surface area contributed by atoms with Gasteiger partial charge in [0.1, 0.15) is 11.5 Å². The summed E-state index contributed by atoms with van der Waals surface area (Å²) in [5.74, 6) is 0.456. The normalized spacial score (nSPS) is 13.7. The lowest BCUT2D eigenvalue weighted by Gasteiger charge is -2.29. The highest BCUT2D eigenvalue weighted by atomic mass is 16.3. The summed E-state index contributed by atoms with van der Waals surface area (Å²) in [5, 5.41) is 28.2. The molecule has 10 aromatic rings. The highest BCUT2D eigenvalue weighted by Gasteiger charge is 2.34. The molecule has 8 nitrogen and oxygen atoms in total. The van der Waals surface area contributed by atoms with Crippen molar-refractivity contribution in [2.45, 2.75) is 27.7 Å². The molecular weight excluding hydrogens is 777 g/mol. The van der Waals surface area contributed by atoms with Gasteiger partial charge in [-0.3, -0.25) is 0 Å². The number of anilines is 6. The Kier molecular flexibility index (Phi) is 8.12. The van der Waals surface area contributed by atoms with E-state index in [1.165, 1.54) is 65.9 Å². The van der Waals surface area contributed by atoms with Crippen molar-refractivity contribution >= 4 is 77.7 Å². The van der Waals surface area contributed by atoms with Crippen molar-refractivity contribution in [3.8, 4) is 22.9 Å². The summed E-state index contributed by atoms with van der Waals surface area (Å²) in [4.78, 5) is 9.20. The first kappa shape index (κ1) is 37.0. The molecule has 0 bridgehead atoms. The average Bonchev–Trinajstić information content (AvgIpc) is 4.05. The third-order valence-corrected chi connectivity index (χ3v) is 13.4. The zero-order valence-electron chi connectivity index (χ0n) is 35.7. The van der Waals surface area contributed by atoms with E-state index in [0.29, 0.717) is 20.0 Å². The lowest BCUT2D eigenvalue weighted by atomic mass is 10.1. The number of phenols is 2. The zero-order valence-corrected chi connectivity index (χ0v) is 35.7. The molecule has 12 rings (SSSR count). The third kappa shape index (κ3) is 5.47. The van der Waals surface area contributed by atoms with Crippen LogP contribution in [0.15, 0.2) is 158 Å². The summed E-state index contributed by atoms with van der Waals surface area (Å²) in [6.45, 7) is 10.3. The van der Waals surface area contributed by atoms with Crippen LogP contribution in [0.25, 0.3) is 55.0 Å². The molecule has 8 heteroatoms. The van der Waals surface area contributed by atoms with Crippen molar-refractivity contribution in [2.24, 2.45) is 0 Å². The number of phenolic OH excluding ortho intramolecular Hbond substituents is 2. The molecule has 0 aliphatic carbocycles. The molecule has 8 aromatic carbocycles. The largest absolute Gasteiger partial charge is 0.506 e. The first-order valence-electron chi connectivity index (χ1n) is 21.6. The third-order valence-electron chi connectivity index (χ3n) is 13.4. The monoisotopic (exact) mass is 822 g/mol. The van der Waals surface area contributed by atoms with Crippen molar-refractivity contribution in [3.63, 3.8) is 0 Å². The van der Waals surface area contributed by atoms with Crippen molar-refractivity contribution in [3.05, 3.63) is 180 Å². The molecule has 0 saturated heterocycles. The summed E-state index contributed by atoms with van der Waals surface area (Å²) in [6, 6.07) is 55.0. The van der Waals surface area contributed by atoms with Crippen LogP contribution in [0.2, 0.25) is 0 Å². The van der Waals surface area contributed by atoms with Gasteiger partial charge < -0.3 is 38.9 Å². The van der Waals surface area contributed by atoms with Gasteiger partial charge in [-0.05, 0) is 111 Å². The number of rotatable bonds is 6. The molecule has 0 saturated carbocycles. The molecule has 308 valence electrons. The van der Waals surface area contributed by atoms with Gasteiger partial charge in [0.05, 0.1) is 76.2 Å². The van der Waals surface area contributed by atoms with Gasteiger partial charge in [-0.1, -0.05) is 97.1 Å². The van der Waals surface area contributed by atoms with Crippen LogP contribution in [0.3, 0.4) is 0 Å². The topological polar surface area (TPSA) is 63.3 Å². The molecule has 2 aliphatic heterocycles. The molecule has 2 aliphatic rings. The molecule has 0 spiro atoms. The van der Waals surface area contributed by atoms with E-state index in [1.807, 2.05) is 24.3 Å². The summed E-state index contributed by atoms with van der Waals surface area (Å²) in [7, 11) is 0. The number of para-hydroxylation sites is 8. The van der Waals surface area contributed by atoms with E-state index in [1.54, 1.807) is 0 Å². The van der Waals surface area contributed by atoms with E-state index in [2.05, 4.69) is 190 Å². The Morgan fingerprint density at radius 1 is 0.365 bits per heavy atom.